The minimum absolute atomic E-state index is 0.144. The summed E-state index contributed by atoms with van der Waals surface area (Å²) in [5.41, 5.74) is -0.851. The SMILES string of the molecule is CC1(C)C(=O)NCCN1C(=O)c1ccc(C#CCO)s1. The van der Waals surface area contributed by atoms with E-state index in [1.54, 1.807) is 30.9 Å². The Morgan fingerprint density at radius 2 is 2.30 bits per heavy atom. The summed E-state index contributed by atoms with van der Waals surface area (Å²) in [5.74, 6) is 5.01. The van der Waals surface area contributed by atoms with Gasteiger partial charge in [-0.1, -0.05) is 11.8 Å². The van der Waals surface area contributed by atoms with E-state index >= 15 is 0 Å². The van der Waals surface area contributed by atoms with E-state index in [0.717, 1.165) is 4.88 Å². The minimum atomic E-state index is -0.851. The van der Waals surface area contributed by atoms with E-state index in [-0.39, 0.29) is 18.4 Å². The molecule has 1 aromatic heterocycles. The van der Waals surface area contributed by atoms with Crippen molar-refractivity contribution in [3.05, 3.63) is 21.9 Å². The summed E-state index contributed by atoms with van der Waals surface area (Å²) >= 11 is 1.27. The fraction of sp³-hybridized carbons (Fsp3) is 0.429. The van der Waals surface area contributed by atoms with Gasteiger partial charge in [0.25, 0.3) is 5.91 Å². The Bertz CT molecular complexity index is 595. The third kappa shape index (κ3) is 2.69. The molecule has 1 aliphatic rings. The molecule has 20 heavy (non-hydrogen) atoms. The molecule has 106 valence electrons. The fourth-order valence-corrected chi connectivity index (χ4v) is 2.86. The molecule has 0 unspecified atom stereocenters. The predicted octanol–water partition coefficient (Wildman–Crippen LogP) is 0.442. The highest BCUT2D eigenvalue weighted by atomic mass is 32.1. The van der Waals surface area contributed by atoms with Gasteiger partial charge in [-0.05, 0) is 26.0 Å². The summed E-state index contributed by atoms with van der Waals surface area (Å²) in [4.78, 5) is 27.2. The number of carbonyl (C=O) groups excluding carboxylic acids is 2. The molecule has 5 nitrogen and oxygen atoms in total. The van der Waals surface area contributed by atoms with E-state index in [9.17, 15) is 9.59 Å². The van der Waals surface area contributed by atoms with Gasteiger partial charge in [-0.2, -0.15) is 0 Å². The van der Waals surface area contributed by atoms with Gasteiger partial charge in [-0.15, -0.1) is 11.3 Å². The molecule has 0 aromatic carbocycles. The Morgan fingerprint density at radius 1 is 1.55 bits per heavy atom. The van der Waals surface area contributed by atoms with Crippen LogP contribution in [0.2, 0.25) is 0 Å². The van der Waals surface area contributed by atoms with Gasteiger partial charge in [0.05, 0.1) is 9.75 Å². The Hall–Kier alpha value is -1.84. The number of rotatable bonds is 1. The van der Waals surface area contributed by atoms with Gasteiger partial charge in [0.15, 0.2) is 0 Å². The molecule has 1 aliphatic heterocycles. The Morgan fingerprint density at radius 3 is 3.00 bits per heavy atom. The van der Waals surface area contributed by atoms with Gasteiger partial charge in [0.2, 0.25) is 5.91 Å². The van der Waals surface area contributed by atoms with Gasteiger partial charge in [0, 0.05) is 13.1 Å². The topological polar surface area (TPSA) is 69.6 Å². The second kappa shape index (κ2) is 5.65. The summed E-state index contributed by atoms with van der Waals surface area (Å²) in [5, 5.41) is 11.4. The molecule has 1 saturated heterocycles. The van der Waals surface area contributed by atoms with E-state index in [1.165, 1.54) is 11.3 Å². The van der Waals surface area contributed by atoms with Crippen LogP contribution in [0.15, 0.2) is 12.1 Å². The quantitative estimate of drug-likeness (QED) is 0.738. The lowest BCUT2D eigenvalue weighted by atomic mass is 9.98. The number of nitrogens with one attached hydrogen (secondary N) is 1. The highest BCUT2D eigenvalue weighted by molar-refractivity contribution is 7.14. The van der Waals surface area contributed by atoms with Crippen LogP contribution in [-0.4, -0.2) is 47.1 Å². The van der Waals surface area contributed by atoms with E-state index < -0.39 is 5.54 Å². The molecule has 0 bridgehead atoms. The first-order chi connectivity index (χ1) is 9.46. The maximum atomic E-state index is 12.5. The van der Waals surface area contributed by atoms with Crippen molar-refractivity contribution in [3.8, 4) is 11.8 Å². The first-order valence-corrected chi connectivity index (χ1v) is 7.08. The number of nitrogens with zero attached hydrogens (tertiary/aromatic N) is 1. The molecular formula is C14H16N2O3S. The molecule has 1 aromatic rings. The van der Waals surface area contributed by atoms with Gasteiger partial charge < -0.3 is 15.3 Å². The second-order valence-corrected chi connectivity index (χ2v) is 5.98. The standard InChI is InChI=1S/C14H16N2O3S/c1-14(2)13(19)15-7-8-16(14)12(18)11-6-5-10(20-11)4-3-9-17/h5-6,17H,7-9H2,1-2H3,(H,15,19). The lowest BCUT2D eigenvalue weighted by Crippen LogP contribution is -2.63. The minimum Gasteiger partial charge on any atom is -0.384 e. The van der Waals surface area contributed by atoms with Crippen molar-refractivity contribution in [1.82, 2.24) is 10.2 Å². The van der Waals surface area contributed by atoms with Crippen LogP contribution in [0.25, 0.3) is 0 Å². The molecule has 0 radical (unpaired) electrons. The summed E-state index contributed by atoms with van der Waals surface area (Å²) in [6.45, 7) is 4.23. The molecule has 0 aliphatic carbocycles. The highest BCUT2D eigenvalue weighted by Crippen LogP contribution is 2.24. The molecule has 0 atom stereocenters. The molecule has 2 amide bonds. The number of aliphatic hydroxyl groups excluding tert-OH is 1. The van der Waals surface area contributed by atoms with Crippen molar-refractivity contribution in [1.29, 1.82) is 0 Å². The van der Waals surface area contributed by atoms with Crippen LogP contribution in [0, 0.1) is 11.8 Å². The molecule has 1 fully saturated rings. The molecule has 2 N–H and O–H groups in total. The highest BCUT2D eigenvalue weighted by Gasteiger charge is 2.40. The predicted molar refractivity (Wildman–Crippen MR) is 76.4 cm³/mol. The Labute approximate surface area is 121 Å². The van der Waals surface area contributed by atoms with Crippen molar-refractivity contribution in [2.45, 2.75) is 19.4 Å². The first-order valence-electron chi connectivity index (χ1n) is 6.26. The lowest BCUT2D eigenvalue weighted by Gasteiger charge is -2.40. The third-order valence-electron chi connectivity index (χ3n) is 3.20. The smallest absolute Gasteiger partial charge is 0.264 e. The van der Waals surface area contributed by atoms with Crippen molar-refractivity contribution in [3.63, 3.8) is 0 Å². The zero-order valence-corrected chi connectivity index (χ0v) is 12.2. The van der Waals surface area contributed by atoms with Crippen LogP contribution in [-0.2, 0) is 4.79 Å². The normalized spacial score (nSPS) is 17.1. The average molecular weight is 292 g/mol. The summed E-state index contributed by atoms with van der Waals surface area (Å²) in [6.07, 6.45) is 0. The second-order valence-electron chi connectivity index (χ2n) is 4.90. The molecule has 0 spiro atoms. The van der Waals surface area contributed by atoms with Gasteiger partial charge in [-0.3, -0.25) is 9.59 Å². The number of hydrogen-bond donors (Lipinski definition) is 2. The van der Waals surface area contributed by atoms with Crippen LogP contribution >= 0.6 is 11.3 Å². The Kier molecular flexibility index (Phi) is 4.12. The van der Waals surface area contributed by atoms with Crippen molar-refractivity contribution >= 4 is 23.2 Å². The van der Waals surface area contributed by atoms with Gasteiger partial charge >= 0.3 is 0 Å². The van der Waals surface area contributed by atoms with Crippen LogP contribution < -0.4 is 5.32 Å². The number of amides is 2. The maximum Gasteiger partial charge on any atom is 0.264 e. The van der Waals surface area contributed by atoms with Gasteiger partial charge in [0.1, 0.15) is 12.1 Å². The molecule has 6 heteroatoms. The maximum absolute atomic E-state index is 12.5. The van der Waals surface area contributed by atoms with Crippen molar-refractivity contribution < 1.29 is 14.7 Å². The zero-order chi connectivity index (χ0) is 14.8. The average Bonchev–Trinajstić information content (AvgIpc) is 2.87. The van der Waals surface area contributed by atoms with E-state index in [4.69, 9.17) is 5.11 Å². The molecule has 2 rings (SSSR count). The van der Waals surface area contributed by atoms with E-state index in [1.807, 2.05) is 0 Å². The number of carbonyl (C=O) groups is 2. The number of thiophene rings is 1. The van der Waals surface area contributed by atoms with Crippen molar-refractivity contribution in [2.24, 2.45) is 0 Å². The number of piperazine rings is 1. The molecule has 0 saturated carbocycles. The van der Waals surface area contributed by atoms with Crippen molar-refractivity contribution in [2.75, 3.05) is 19.7 Å². The summed E-state index contributed by atoms with van der Waals surface area (Å²) < 4.78 is 0. The van der Waals surface area contributed by atoms with Crippen LogP contribution in [0.1, 0.15) is 28.4 Å². The van der Waals surface area contributed by atoms with Crippen LogP contribution in [0.5, 0.6) is 0 Å². The van der Waals surface area contributed by atoms with E-state index in [0.29, 0.717) is 18.0 Å². The Balaban J connectivity index is 2.22. The van der Waals surface area contributed by atoms with Crippen LogP contribution in [0.4, 0.5) is 0 Å². The van der Waals surface area contributed by atoms with E-state index in [2.05, 4.69) is 17.2 Å². The first kappa shape index (κ1) is 14.6. The fourth-order valence-electron chi connectivity index (χ4n) is 2.03. The largest absolute Gasteiger partial charge is 0.384 e. The summed E-state index contributed by atoms with van der Waals surface area (Å²) in [6, 6.07) is 3.45. The number of hydrogen-bond acceptors (Lipinski definition) is 4. The molecular weight excluding hydrogens is 276 g/mol. The lowest BCUT2D eigenvalue weighted by molar-refractivity contribution is -0.133. The number of aliphatic hydroxyl groups is 1. The molecule has 2 heterocycles. The third-order valence-corrected chi connectivity index (χ3v) is 4.19. The summed E-state index contributed by atoms with van der Waals surface area (Å²) in [7, 11) is 0. The van der Waals surface area contributed by atoms with Crippen LogP contribution in [0.3, 0.4) is 0 Å². The van der Waals surface area contributed by atoms with Gasteiger partial charge in [-0.25, -0.2) is 0 Å². The zero-order valence-electron chi connectivity index (χ0n) is 11.4. The monoisotopic (exact) mass is 292 g/mol.